The minimum atomic E-state index is 0.891. The van der Waals surface area contributed by atoms with Crippen LogP contribution >= 0.6 is 0 Å². The zero-order chi connectivity index (χ0) is 6.81. The molecule has 0 aliphatic heterocycles. The van der Waals surface area contributed by atoms with Crippen molar-refractivity contribution in [1.82, 2.24) is 0 Å². The Labute approximate surface area is 62.5 Å². The van der Waals surface area contributed by atoms with Gasteiger partial charge in [0, 0.05) is 0 Å². The third kappa shape index (κ3) is 1.41. The zero-order valence-electron chi connectivity index (χ0n) is 5.96. The van der Waals surface area contributed by atoms with Crippen molar-refractivity contribution < 1.29 is 0 Å². The van der Waals surface area contributed by atoms with Crippen LogP contribution in [0.2, 0.25) is 5.82 Å². The monoisotopic (exact) mass is 129 g/mol. The second-order valence-electron chi connectivity index (χ2n) is 2.91. The molecule has 0 nitrogen and oxygen atoms in total. The van der Waals surface area contributed by atoms with Gasteiger partial charge in [0.25, 0.3) is 0 Å². The number of hydrogen-bond donors (Lipinski definition) is 0. The molecule has 1 aromatic carbocycles. The summed E-state index contributed by atoms with van der Waals surface area (Å²) in [6, 6.07) is 10.6. The molecule has 0 heterocycles. The molecule has 1 saturated carbocycles. The second-order valence-corrected chi connectivity index (χ2v) is 2.91. The molecule has 1 aliphatic carbocycles. The number of benzene rings is 1. The zero-order valence-corrected chi connectivity index (χ0v) is 5.96. The summed E-state index contributed by atoms with van der Waals surface area (Å²) in [5.74, 6) is 0.891. The van der Waals surface area contributed by atoms with Gasteiger partial charge in [-0.3, -0.25) is 0 Å². The molecule has 2 rings (SSSR count). The van der Waals surface area contributed by atoms with Crippen LogP contribution in [-0.4, -0.2) is 7.28 Å². The van der Waals surface area contributed by atoms with Crippen molar-refractivity contribution in [2.45, 2.75) is 18.7 Å². The Morgan fingerprint density at radius 2 is 1.80 bits per heavy atom. The molecule has 1 fully saturated rings. The van der Waals surface area contributed by atoms with Crippen LogP contribution in [0.25, 0.3) is 0 Å². The maximum absolute atomic E-state index is 2.36. The van der Waals surface area contributed by atoms with E-state index in [0.29, 0.717) is 0 Å². The predicted molar refractivity (Wildman–Crippen MR) is 44.8 cm³/mol. The Kier molecular flexibility index (Phi) is 1.50. The first-order valence-electron chi connectivity index (χ1n) is 3.85. The van der Waals surface area contributed by atoms with E-state index in [0.717, 1.165) is 5.82 Å². The van der Waals surface area contributed by atoms with Crippen LogP contribution in [0.3, 0.4) is 0 Å². The van der Waals surface area contributed by atoms with Crippen LogP contribution in [0.5, 0.6) is 0 Å². The fraction of sp³-hybridized carbons (Fsp3) is 0.333. The molecule has 0 saturated heterocycles. The molecular weight excluding hydrogens is 119 g/mol. The van der Waals surface area contributed by atoms with Gasteiger partial charge in [0.2, 0.25) is 0 Å². The Bertz CT molecular complexity index is 201. The van der Waals surface area contributed by atoms with Crippen molar-refractivity contribution in [2.24, 2.45) is 0 Å². The molecule has 0 N–H and O–H groups in total. The molecule has 0 amide bonds. The lowest BCUT2D eigenvalue weighted by molar-refractivity contribution is 1.45. The maximum Gasteiger partial charge on any atom is 0.154 e. The molecule has 0 atom stereocenters. The first-order chi connectivity index (χ1) is 4.95. The lowest BCUT2D eigenvalue weighted by Gasteiger charge is -1.93. The van der Waals surface area contributed by atoms with E-state index in [1.54, 1.807) is 0 Å². The third-order valence-electron chi connectivity index (χ3n) is 1.85. The van der Waals surface area contributed by atoms with Crippen molar-refractivity contribution in [1.29, 1.82) is 0 Å². The minimum absolute atomic E-state index is 0.891. The molecule has 0 aromatic heterocycles. The molecule has 49 valence electrons. The van der Waals surface area contributed by atoms with Gasteiger partial charge in [-0.2, -0.15) is 0 Å². The van der Waals surface area contributed by atoms with Gasteiger partial charge in [-0.05, 0) is 0 Å². The number of hydrogen-bond acceptors (Lipinski definition) is 0. The fourth-order valence-corrected chi connectivity index (χ4v) is 1.10. The van der Waals surface area contributed by atoms with Crippen LogP contribution < -0.4 is 5.46 Å². The SMILES string of the molecule is [B](c1ccccc1)C1CC1. The molecule has 0 unspecified atom stereocenters. The average molecular weight is 129 g/mol. The first kappa shape index (κ1) is 6.02. The molecule has 1 radical (unpaired) electrons. The summed E-state index contributed by atoms with van der Waals surface area (Å²) in [6.07, 6.45) is 2.80. The van der Waals surface area contributed by atoms with Crippen LogP contribution in [0.15, 0.2) is 30.3 Å². The van der Waals surface area contributed by atoms with Gasteiger partial charge in [-0.15, -0.1) is 0 Å². The highest BCUT2D eigenvalue weighted by Crippen LogP contribution is 2.34. The summed E-state index contributed by atoms with van der Waals surface area (Å²) in [5, 5.41) is 0. The molecule has 1 heteroatoms. The van der Waals surface area contributed by atoms with Gasteiger partial charge in [-0.25, -0.2) is 0 Å². The highest BCUT2D eigenvalue weighted by Gasteiger charge is 2.21. The van der Waals surface area contributed by atoms with Crippen molar-refractivity contribution in [3.05, 3.63) is 30.3 Å². The average Bonchev–Trinajstić information content (AvgIpc) is 2.74. The van der Waals surface area contributed by atoms with Gasteiger partial charge in [-0.1, -0.05) is 54.5 Å². The topological polar surface area (TPSA) is 0 Å². The highest BCUT2D eigenvalue weighted by molar-refractivity contribution is 6.55. The quantitative estimate of drug-likeness (QED) is 0.532. The summed E-state index contributed by atoms with van der Waals surface area (Å²) in [6.45, 7) is 0. The van der Waals surface area contributed by atoms with Crippen LogP contribution in [0, 0.1) is 0 Å². The van der Waals surface area contributed by atoms with Gasteiger partial charge >= 0.3 is 0 Å². The van der Waals surface area contributed by atoms with E-state index in [1.165, 1.54) is 18.3 Å². The molecule has 1 aliphatic rings. The molecule has 0 spiro atoms. The Hall–Kier alpha value is -0.715. The van der Waals surface area contributed by atoms with E-state index in [9.17, 15) is 0 Å². The Morgan fingerprint density at radius 3 is 2.40 bits per heavy atom. The molecule has 0 bridgehead atoms. The predicted octanol–water partition coefficient (Wildman–Crippen LogP) is 1.60. The van der Waals surface area contributed by atoms with Crippen molar-refractivity contribution in [3.8, 4) is 0 Å². The van der Waals surface area contributed by atoms with Crippen molar-refractivity contribution >= 4 is 12.7 Å². The van der Waals surface area contributed by atoms with E-state index in [1.807, 2.05) is 0 Å². The van der Waals surface area contributed by atoms with E-state index in [4.69, 9.17) is 0 Å². The van der Waals surface area contributed by atoms with Gasteiger partial charge in [0.15, 0.2) is 7.28 Å². The van der Waals surface area contributed by atoms with Crippen LogP contribution in [0.1, 0.15) is 12.8 Å². The third-order valence-corrected chi connectivity index (χ3v) is 1.85. The highest BCUT2D eigenvalue weighted by atomic mass is 14.2. The van der Waals surface area contributed by atoms with Gasteiger partial charge < -0.3 is 0 Å². The van der Waals surface area contributed by atoms with E-state index < -0.39 is 0 Å². The summed E-state index contributed by atoms with van der Waals surface area (Å²) in [4.78, 5) is 0. The standard InChI is InChI=1S/C9H10B/c1-2-4-8(5-3-1)10-9-6-7-9/h1-5,9H,6-7H2. The Morgan fingerprint density at radius 1 is 1.10 bits per heavy atom. The fourth-order valence-electron chi connectivity index (χ4n) is 1.10. The largest absolute Gasteiger partial charge is 0.154 e. The van der Waals surface area contributed by atoms with E-state index in [-0.39, 0.29) is 0 Å². The lowest BCUT2D eigenvalue weighted by atomic mass is 9.65. The van der Waals surface area contributed by atoms with Gasteiger partial charge in [0.05, 0.1) is 0 Å². The summed E-state index contributed by atoms with van der Waals surface area (Å²) >= 11 is 0. The lowest BCUT2D eigenvalue weighted by Crippen LogP contribution is -2.12. The smallest absolute Gasteiger partial charge is 0.0875 e. The van der Waals surface area contributed by atoms with E-state index in [2.05, 4.69) is 37.6 Å². The summed E-state index contributed by atoms with van der Waals surface area (Å²) in [7, 11) is 2.36. The molecule has 1 aromatic rings. The molecular formula is C9H10B. The molecule has 10 heavy (non-hydrogen) atoms. The summed E-state index contributed by atoms with van der Waals surface area (Å²) in [5.41, 5.74) is 1.38. The van der Waals surface area contributed by atoms with Gasteiger partial charge in [0.1, 0.15) is 0 Å². The number of rotatable bonds is 2. The van der Waals surface area contributed by atoms with E-state index >= 15 is 0 Å². The van der Waals surface area contributed by atoms with Crippen LogP contribution in [-0.2, 0) is 0 Å². The summed E-state index contributed by atoms with van der Waals surface area (Å²) < 4.78 is 0. The van der Waals surface area contributed by atoms with Crippen molar-refractivity contribution in [2.75, 3.05) is 0 Å². The van der Waals surface area contributed by atoms with Crippen LogP contribution in [0.4, 0.5) is 0 Å². The first-order valence-corrected chi connectivity index (χ1v) is 3.85. The Balaban J connectivity index is 2.03. The normalized spacial score (nSPS) is 16.8. The maximum atomic E-state index is 2.36. The minimum Gasteiger partial charge on any atom is -0.0875 e. The second kappa shape index (κ2) is 2.49. The van der Waals surface area contributed by atoms with Crippen molar-refractivity contribution in [3.63, 3.8) is 0 Å².